The van der Waals surface area contributed by atoms with E-state index in [1.165, 1.54) is 0 Å². The summed E-state index contributed by atoms with van der Waals surface area (Å²) in [6, 6.07) is 16.4. The third-order valence-corrected chi connectivity index (χ3v) is 3.29. The van der Waals surface area contributed by atoms with E-state index < -0.39 is 5.97 Å². The highest BCUT2D eigenvalue weighted by molar-refractivity contribution is 5.93. The molecule has 0 bridgehead atoms. The van der Waals surface area contributed by atoms with Crippen molar-refractivity contribution in [3.63, 3.8) is 0 Å². The molecule has 2 aromatic carbocycles. The van der Waals surface area contributed by atoms with Crippen LogP contribution in [0.4, 0.5) is 5.69 Å². The van der Waals surface area contributed by atoms with Crippen LogP contribution in [0.2, 0.25) is 0 Å². The molecule has 21 heavy (non-hydrogen) atoms. The summed E-state index contributed by atoms with van der Waals surface area (Å²) in [5.41, 5.74) is 7.88. The fourth-order valence-corrected chi connectivity index (χ4v) is 2.17. The second-order valence-electron chi connectivity index (χ2n) is 4.87. The Hall–Kier alpha value is -2.75. The van der Waals surface area contributed by atoms with Crippen LogP contribution in [0, 0.1) is 0 Å². The van der Waals surface area contributed by atoms with Gasteiger partial charge in [-0.15, -0.1) is 0 Å². The van der Waals surface area contributed by atoms with Crippen LogP contribution in [0.25, 0.3) is 11.0 Å². The van der Waals surface area contributed by atoms with Crippen LogP contribution in [-0.4, -0.2) is 5.97 Å². The summed E-state index contributed by atoms with van der Waals surface area (Å²) in [6.45, 7) is 1.83. The molecule has 0 aliphatic carbocycles. The van der Waals surface area contributed by atoms with Crippen molar-refractivity contribution in [2.75, 3.05) is 5.73 Å². The Bertz CT molecular complexity index is 777. The number of nitrogen functional groups attached to an aromatic ring is 1. The molecule has 0 radical (unpaired) electrons. The molecule has 0 aliphatic rings. The lowest BCUT2D eigenvalue weighted by Crippen LogP contribution is -2.08. The van der Waals surface area contributed by atoms with Crippen LogP contribution >= 0.6 is 0 Å². The summed E-state index contributed by atoms with van der Waals surface area (Å²) in [5, 5.41) is 0.786. The first-order valence-electron chi connectivity index (χ1n) is 6.68. The molecule has 4 heteroatoms. The first kappa shape index (κ1) is 13.2. The first-order chi connectivity index (χ1) is 10.1. The van der Waals surface area contributed by atoms with Gasteiger partial charge < -0.3 is 14.9 Å². The fraction of sp³-hybridized carbons (Fsp3) is 0.118. The first-order valence-corrected chi connectivity index (χ1v) is 6.68. The Labute approximate surface area is 122 Å². The number of carbonyl (C=O) groups is 1. The summed E-state index contributed by atoms with van der Waals surface area (Å²) in [5.74, 6) is -0.306. The Morgan fingerprint density at radius 1 is 1.14 bits per heavy atom. The Balaban J connectivity index is 1.80. The van der Waals surface area contributed by atoms with E-state index in [2.05, 4.69) is 0 Å². The molecule has 3 rings (SSSR count). The summed E-state index contributed by atoms with van der Waals surface area (Å²) in [6.07, 6.45) is -0.336. The lowest BCUT2D eigenvalue weighted by atomic mass is 10.1. The van der Waals surface area contributed by atoms with E-state index in [1.807, 2.05) is 37.3 Å². The fourth-order valence-electron chi connectivity index (χ4n) is 2.17. The van der Waals surface area contributed by atoms with Crippen molar-refractivity contribution in [1.82, 2.24) is 0 Å². The van der Waals surface area contributed by atoms with Crippen LogP contribution in [-0.2, 0) is 4.74 Å². The Morgan fingerprint density at radius 2 is 1.90 bits per heavy atom. The SMILES string of the molecule is CC(OC(=O)c1cc2cc(N)ccc2o1)c1ccccc1. The van der Waals surface area contributed by atoms with Crippen LogP contribution in [0.5, 0.6) is 0 Å². The topological polar surface area (TPSA) is 65.5 Å². The van der Waals surface area contributed by atoms with Gasteiger partial charge in [-0.05, 0) is 36.8 Å². The number of hydrogen-bond acceptors (Lipinski definition) is 4. The van der Waals surface area contributed by atoms with Gasteiger partial charge in [-0.25, -0.2) is 4.79 Å². The molecule has 106 valence electrons. The number of carbonyl (C=O) groups excluding carboxylic acids is 1. The van der Waals surface area contributed by atoms with Gasteiger partial charge in [0.25, 0.3) is 0 Å². The van der Waals surface area contributed by atoms with Gasteiger partial charge in [0.1, 0.15) is 11.7 Å². The minimum atomic E-state index is -0.485. The highest BCUT2D eigenvalue weighted by Gasteiger charge is 2.17. The normalized spacial score (nSPS) is 12.2. The summed E-state index contributed by atoms with van der Waals surface area (Å²) >= 11 is 0. The second kappa shape index (κ2) is 5.32. The molecule has 1 heterocycles. The quantitative estimate of drug-likeness (QED) is 0.583. The largest absolute Gasteiger partial charge is 0.452 e. The molecule has 1 unspecified atom stereocenters. The van der Waals surface area contributed by atoms with Gasteiger partial charge in [0.05, 0.1) is 0 Å². The third kappa shape index (κ3) is 2.74. The molecule has 0 saturated heterocycles. The number of ether oxygens (including phenoxy) is 1. The van der Waals surface area contributed by atoms with E-state index >= 15 is 0 Å². The lowest BCUT2D eigenvalue weighted by molar-refractivity contribution is 0.0304. The van der Waals surface area contributed by atoms with E-state index in [4.69, 9.17) is 14.9 Å². The predicted octanol–water partition coefficient (Wildman–Crippen LogP) is 3.93. The smallest absolute Gasteiger partial charge is 0.374 e. The molecule has 0 spiro atoms. The van der Waals surface area contributed by atoms with Gasteiger partial charge in [-0.3, -0.25) is 0 Å². The Morgan fingerprint density at radius 3 is 2.67 bits per heavy atom. The highest BCUT2D eigenvalue weighted by atomic mass is 16.6. The number of fused-ring (bicyclic) bond motifs is 1. The lowest BCUT2D eigenvalue weighted by Gasteiger charge is -2.12. The van der Waals surface area contributed by atoms with Gasteiger partial charge in [-0.1, -0.05) is 30.3 Å². The average Bonchev–Trinajstić information content (AvgIpc) is 2.91. The minimum absolute atomic E-state index is 0.179. The van der Waals surface area contributed by atoms with Crippen molar-refractivity contribution in [3.8, 4) is 0 Å². The highest BCUT2D eigenvalue weighted by Crippen LogP contribution is 2.24. The molecule has 0 saturated carbocycles. The number of benzene rings is 2. The number of furan rings is 1. The molecule has 0 amide bonds. The monoisotopic (exact) mass is 281 g/mol. The summed E-state index contributed by atoms with van der Waals surface area (Å²) in [7, 11) is 0. The molecule has 1 atom stereocenters. The molecular weight excluding hydrogens is 266 g/mol. The van der Waals surface area contributed by atoms with Crippen molar-refractivity contribution in [3.05, 3.63) is 65.9 Å². The van der Waals surface area contributed by atoms with Crippen molar-refractivity contribution in [2.24, 2.45) is 0 Å². The van der Waals surface area contributed by atoms with Crippen molar-refractivity contribution >= 4 is 22.6 Å². The maximum Gasteiger partial charge on any atom is 0.374 e. The van der Waals surface area contributed by atoms with Crippen molar-refractivity contribution in [1.29, 1.82) is 0 Å². The number of rotatable bonds is 3. The van der Waals surface area contributed by atoms with Crippen LogP contribution in [0.1, 0.15) is 29.1 Å². The van der Waals surface area contributed by atoms with Crippen LogP contribution in [0.15, 0.2) is 59.0 Å². The third-order valence-electron chi connectivity index (χ3n) is 3.29. The van der Waals surface area contributed by atoms with Gasteiger partial charge in [0.15, 0.2) is 0 Å². The number of anilines is 1. The molecule has 4 nitrogen and oxygen atoms in total. The maximum absolute atomic E-state index is 12.1. The number of hydrogen-bond donors (Lipinski definition) is 1. The van der Waals surface area contributed by atoms with Gasteiger partial charge in [0.2, 0.25) is 5.76 Å². The second-order valence-corrected chi connectivity index (χ2v) is 4.87. The molecule has 1 aromatic heterocycles. The zero-order chi connectivity index (χ0) is 14.8. The van der Waals surface area contributed by atoms with Crippen LogP contribution in [0.3, 0.4) is 0 Å². The standard InChI is InChI=1S/C17H15NO3/c1-11(12-5-3-2-4-6-12)20-17(19)16-10-13-9-14(18)7-8-15(13)21-16/h2-11H,18H2,1H3. The number of esters is 1. The molecular formula is C17H15NO3. The average molecular weight is 281 g/mol. The molecule has 2 N–H and O–H groups in total. The van der Waals surface area contributed by atoms with E-state index in [0.29, 0.717) is 11.3 Å². The maximum atomic E-state index is 12.1. The van der Waals surface area contributed by atoms with Gasteiger partial charge in [-0.2, -0.15) is 0 Å². The molecule has 0 fully saturated rings. The summed E-state index contributed by atoms with van der Waals surface area (Å²) < 4.78 is 10.9. The minimum Gasteiger partial charge on any atom is -0.452 e. The predicted molar refractivity (Wildman–Crippen MR) is 80.9 cm³/mol. The van der Waals surface area contributed by atoms with Crippen LogP contribution < -0.4 is 5.73 Å². The van der Waals surface area contributed by atoms with E-state index in [0.717, 1.165) is 10.9 Å². The number of nitrogens with two attached hydrogens (primary N) is 1. The van der Waals surface area contributed by atoms with E-state index in [9.17, 15) is 4.79 Å². The zero-order valence-electron chi connectivity index (χ0n) is 11.6. The Kier molecular flexibility index (Phi) is 3.36. The summed E-state index contributed by atoms with van der Waals surface area (Å²) in [4.78, 5) is 12.1. The van der Waals surface area contributed by atoms with Gasteiger partial charge in [0, 0.05) is 11.1 Å². The van der Waals surface area contributed by atoms with Gasteiger partial charge >= 0.3 is 5.97 Å². The van der Waals surface area contributed by atoms with Crippen molar-refractivity contribution < 1.29 is 13.9 Å². The molecule has 0 aliphatic heterocycles. The molecule has 3 aromatic rings. The van der Waals surface area contributed by atoms with E-state index in [-0.39, 0.29) is 11.9 Å². The van der Waals surface area contributed by atoms with E-state index in [1.54, 1.807) is 24.3 Å². The van der Waals surface area contributed by atoms with Crippen molar-refractivity contribution in [2.45, 2.75) is 13.0 Å². The zero-order valence-corrected chi connectivity index (χ0v) is 11.6.